The number of unbranched alkanes of at least 4 members (excludes halogenated alkanes) is 10. The van der Waals surface area contributed by atoms with Gasteiger partial charge in [0.25, 0.3) is 0 Å². The zero-order valence-electron chi connectivity index (χ0n) is 20.9. The van der Waals surface area contributed by atoms with Crippen molar-refractivity contribution in [3.05, 3.63) is 78.4 Å². The lowest BCUT2D eigenvalue weighted by Gasteiger charge is -2.21. The predicted octanol–water partition coefficient (Wildman–Crippen LogP) is 8.46. The molecule has 3 rings (SSSR count). The molecule has 0 bridgehead atoms. The van der Waals surface area contributed by atoms with E-state index >= 15 is 0 Å². The Morgan fingerprint density at radius 1 is 0.765 bits per heavy atom. The number of aromatic nitrogens is 2. The van der Waals surface area contributed by atoms with Gasteiger partial charge >= 0.3 is 0 Å². The first kappa shape index (κ1) is 26.0. The van der Waals surface area contributed by atoms with E-state index in [0.29, 0.717) is 0 Å². The average molecular weight is 463 g/mol. The Hall–Kier alpha value is -2.59. The fourth-order valence-electron chi connectivity index (χ4n) is 4.60. The van der Waals surface area contributed by atoms with Crippen molar-refractivity contribution in [1.29, 1.82) is 0 Å². The van der Waals surface area contributed by atoms with Gasteiger partial charge in [-0.3, -0.25) is 0 Å². The molecule has 1 N–H and O–H groups in total. The monoisotopic (exact) mass is 462 g/mol. The maximum atomic E-state index is 9.77. The van der Waals surface area contributed by atoms with E-state index in [0.717, 1.165) is 23.7 Å². The summed E-state index contributed by atoms with van der Waals surface area (Å²) in [6, 6.07) is 18.4. The Bertz CT molecular complexity index is 905. The van der Waals surface area contributed by atoms with Crippen molar-refractivity contribution in [3.63, 3.8) is 0 Å². The third-order valence-corrected chi connectivity index (χ3v) is 6.55. The Morgan fingerprint density at radius 3 is 1.97 bits per heavy atom. The molecule has 184 valence electrons. The van der Waals surface area contributed by atoms with Crippen LogP contribution in [0.1, 0.15) is 101 Å². The highest BCUT2D eigenvalue weighted by Crippen LogP contribution is 2.29. The average Bonchev–Trinajstić information content (AvgIpc) is 3.35. The Morgan fingerprint density at radius 2 is 1.35 bits per heavy atom. The van der Waals surface area contributed by atoms with Gasteiger partial charge in [-0.15, -0.1) is 0 Å². The van der Waals surface area contributed by atoms with Crippen LogP contribution in [0.4, 0.5) is 0 Å². The maximum Gasteiger partial charge on any atom is 0.135 e. The van der Waals surface area contributed by atoms with E-state index in [2.05, 4.69) is 28.6 Å². The SMILES string of the molecule is CCCCCCCCCCCCCC(c1ccc(Oc2ccccc2)cc1)n1ccnc1CO. The van der Waals surface area contributed by atoms with Gasteiger partial charge in [0.1, 0.15) is 23.9 Å². The molecule has 4 nitrogen and oxygen atoms in total. The first-order valence-corrected chi connectivity index (χ1v) is 13.3. The van der Waals surface area contributed by atoms with Gasteiger partial charge in [0.05, 0.1) is 6.04 Å². The van der Waals surface area contributed by atoms with Crippen molar-refractivity contribution >= 4 is 0 Å². The minimum Gasteiger partial charge on any atom is -0.457 e. The molecule has 0 saturated heterocycles. The Labute approximate surface area is 206 Å². The van der Waals surface area contributed by atoms with E-state index in [1.54, 1.807) is 6.20 Å². The highest BCUT2D eigenvalue weighted by molar-refractivity contribution is 5.34. The van der Waals surface area contributed by atoms with Gasteiger partial charge < -0.3 is 14.4 Å². The van der Waals surface area contributed by atoms with E-state index in [1.807, 2.05) is 48.7 Å². The Balaban J connectivity index is 1.49. The molecule has 3 aromatic rings. The first-order chi connectivity index (χ1) is 16.8. The minimum atomic E-state index is -0.0447. The van der Waals surface area contributed by atoms with Crippen molar-refractivity contribution < 1.29 is 9.84 Å². The predicted molar refractivity (Wildman–Crippen MR) is 140 cm³/mol. The molecule has 0 fully saturated rings. The molecule has 0 spiro atoms. The quantitative estimate of drug-likeness (QED) is 0.205. The molecule has 1 unspecified atom stereocenters. The zero-order chi connectivity index (χ0) is 23.8. The number of imidazole rings is 1. The van der Waals surface area contributed by atoms with Crippen LogP contribution in [0.3, 0.4) is 0 Å². The van der Waals surface area contributed by atoms with Crippen LogP contribution in [0.15, 0.2) is 67.0 Å². The van der Waals surface area contributed by atoms with E-state index < -0.39 is 0 Å². The molecule has 0 aliphatic heterocycles. The van der Waals surface area contributed by atoms with Crippen LogP contribution >= 0.6 is 0 Å². The number of benzene rings is 2. The van der Waals surface area contributed by atoms with Crippen molar-refractivity contribution in [2.45, 2.75) is 96.6 Å². The summed E-state index contributed by atoms with van der Waals surface area (Å²) < 4.78 is 8.09. The van der Waals surface area contributed by atoms with Crippen LogP contribution in [0.5, 0.6) is 11.5 Å². The minimum absolute atomic E-state index is 0.0447. The number of aliphatic hydroxyl groups excluding tert-OH is 1. The Kier molecular flexibility index (Phi) is 11.7. The summed E-state index contributed by atoms with van der Waals surface area (Å²) in [4.78, 5) is 4.35. The highest BCUT2D eigenvalue weighted by Gasteiger charge is 2.17. The summed E-state index contributed by atoms with van der Waals surface area (Å²) in [6.07, 6.45) is 19.6. The smallest absolute Gasteiger partial charge is 0.135 e. The molecule has 0 aliphatic carbocycles. The summed E-state index contributed by atoms with van der Waals surface area (Å²) >= 11 is 0. The van der Waals surface area contributed by atoms with Crippen LogP contribution in [0.25, 0.3) is 0 Å². The largest absolute Gasteiger partial charge is 0.457 e. The number of nitrogens with zero attached hydrogens (tertiary/aromatic N) is 2. The number of rotatable bonds is 17. The van der Waals surface area contributed by atoms with Gasteiger partial charge in [0.2, 0.25) is 0 Å². The van der Waals surface area contributed by atoms with Gasteiger partial charge in [0, 0.05) is 12.4 Å². The lowest BCUT2D eigenvalue weighted by atomic mass is 9.98. The third-order valence-electron chi connectivity index (χ3n) is 6.55. The van der Waals surface area contributed by atoms with Gasteiger partial charge in [0.15, 0.2) is 0 Å². The molecule has 34 heavy (non-hydrogen) atoms. The van der Waals surface area contributed by atoms with Gasteiger partial charge in [-0.2, -0.15) is 0 Å². The number of hydrogen-bond acceptors (Lipinski definition) is 3. The van der Waals surface area contributed by atoms with Gasteiger partial charge in [-0.05, 0) is 36.2 Å². The summed E-state index contributed by atoms with van der Waals surface area (Å²) in [5, 5.41) is 9.77. The third kappa shape index (κ3) is 8.64. The van der Waals surface area contributed by atoms with Crippen molar-refractivity contribution in [2.75, 3.05) is 0 Å². The van der Waals surface area contributed by atoms with Crippen molar-refractivity contribution in [1.82, 2.24) is 9.55 Å². The fourth-order valence-corrected chi connectivity index (χ4v) is 4.60. The molecule has 0 amide bonds. The summed E-state index contributed by atoms with van der Waals surface area (Å²) in [5.74, 6) is 2.39. The van der Waals surface area contributed by atoms with Crippen LogP contribution in [-0.2, 0) is 6.61 Å². The lowest BCUT2D eigenvalue weighted by molar-refractivity contribution is 0.261. The maximum absolute atomic E-state index is 9.77. The van der Waals surface area contributed by atoms with Crippen molar-refractivity contribution in [2.24, 2.45) is 0 Å². The normalized spacial score (nSPS) is 12.1. The molecule has 0 aliphatic rings. The van der Waals surface area contributed by atoms with E-state index in [-0.39, 0.29) is 12.6 Å². The second kappa shape index (κ2) is 15.3. The number of ether oxygens (including phenoxy) is 1. The van der Waals surface area contributed by atoms with E-state index in [9.17, 15) is 5.11 Å². The molecule has 1 heterocycles. The number of para-hydroxylation sites is 1. The molecule has 1 aromatic heterocycles. The number of aliphatic hydroxyl groups is 1. The van der Waals surface area contributed by atoms with Gasteiger partial charge in [-0.25, -0.2) is 4.98 Å². The van der Waals surface area contributed by atoms with Crippen LogP contribution in [0.2, 0.25) is 0 Å². The highest BCUT2D eigenvalue weighted by atomic mass is 16.5. The second-order valence-corrected chi connectivity index (χ2v) is 9.23. The number of hydrogen-bond donors (Lipinski definition) is 1. The molecule has 4 heteroatoms. The first-order valence-electron chi connectivity index (χ1n) is 13.3. The molecule has 0 saturated carbocycles. The molecule has 0 radical (unpaired) electrons. The van der Waals surface area contributed by atoms with Crippen LogP contribution in [-0.4, -0.2) is 14.7 Å². The van der Waals surface area contributed by atoms with Crippen LogP contribution in [0, 0.1) is 0 Å². The summed E-state index contributed by atoms with van der Waals surface area (Å²) in [7, 11) is 0. The van der Waals surface area contributed by atoms with Crippen molar-refractivity contribution in [3.8, 4) is 11.5 Å². The summed E-state index contributed by atoms with van der Waals surface area (Å²) in [6.45, 7) is 2.23. The standard InChI is InChI=1S/C30H42N2O2/c1-2-3-4-5-6-7-8-9-10-11-15-18-29(32-24-23-31-30(32)25-33)26-19-21-28(22-20-26)34-27-16-13-12-14-17-27/h12-14,16-17,19-24,29,33H,2-11,15,18,25H2,1H3. The van der Waals surface area contributed by atoms with E-state index in [4.69, 9.17) is 4.74 Å². The summed E-state index contributed by atoms with van der Waals surface area (Å²) in [5.41, 5.74) is 1.22. The molecule has 2 aromatic carbocycles. The second-order valence-electron chi connectivity index (χ2n) is 9.23. The van der Waals surface area contributed by atoms with Gasteiger partial charge in [-0.1, -0.05) is 108 Å². The molecule has 1 atom stereocenters. The van der Waals surface area contributed by atoms with Crippen LogP contribution < -0.4 is 4.74 Å². The molecular formula is C30H42N2O2. The topological polar surface area (TPSA) is 47.3 Å². The molecular weight excluding hydrogens is 420 g/mol. The lowest BCUT2D eigenvalue weighted by Crippen LogP contribution is -2.13. The fraction of sp³-hybridized carbons (Fsp3) is 0.500. The zero-order valence-corrected chi connectivity index (χ0v) is 20.9. The van der Waals surface area contributed by atoms with E-state index in [1.165, 1.54) is 76.2 Å².